The molecule has 0 unspecified atom stereocenters. The van der Waals surface area contributed by atoms with Crippen LogP contribution in [0.1, 0.15) is 31.2 Å². The van der Waals surface area contributed by atoms with E-state index in [4.69, 9.17) is 5.73 Å². The molecule has 158 valence electrons. The fraction of sp³-hybridized carbons (Fsp3) is 0.478. The molecule has 0 aliphatic carbocycles. The van der Waals surface area contributed by atoms with E-state index in [1.807, 2.05) is 29.2 Å². The monoisotopic (exact) mass is 407 g/mol. The van der Waals surface area contributed by atoms with Gasteiger partial charge in [0.05, 0.1) is 5.69 Å². The average molecular weight is 408 g/mol. The lowest BCUT2D eigenvalue weighted by molar-refractivity contribution is -0.139. The van der Waals surface area contributed by atoms with Crippen LogP contribution < -0.4 is 10.6 Å². The van der Waals surface area contributed by atoms with Crippen LogP contribution in [0.2, 0.25) is 0 Å². The Bertz CT molecular complexity index is 898. The Morgan fingerprint density at radius 2 is 1.57 bits per heavy atom. The minimum absolute atomic E-state index is 0.0468. The summed E-state index contributed by atoms with van der Waals surface area (Å²) < 4.78 is 0. The maximum atomic E-state index is 12.9. The number of carbonyl (C=O) groups is 2. The molecule has 2 fully saturated rings. The molecule has 0 spiro atoms. The molecular weight excluding hydrogens is 378 g/mol. The molecule has 1 aromatic heterocycles. The number of nitrogens with two attached hydrogens (primary N) is 1. The summed E-state index contributed by atoms with van der Waals surface area (Å²) in [4.78, 5) is 28.3. The molecule has 2 aliphatic rings. The van der Waals surface area contributed by atoms with E-state index in [1.165, 1.54) is 5.56 Å². The van der Waals surface area contributed by atoms with E-state index in [0.717, 1.165) is 43.0 Å². The van der Waals surface area contributed by atoms with Gasteiger partial charge in [-0.1, -0.05) is 24.3 Å². The number of piperidine rings is 2. The molecule has 2 saturated heterocycles. The summed E-state index contributed by atoms with van der Waals surface area (Å²) >= 11 is 0. The first-order valence-electron chi connectivity index (χ1n) is 10.8. The van der Waals surface area contributed by atoms with Gasteiger partial charge in [0.15, 0.2) is 5.82 Å². The molecule has 0 radical (unpaired) electrons. The quantitative estimate of drug-likeness (QED) is 0.840. The van der Waals surface area contributed by atoms with Crippen molar-refractivity contribution in [2.24, 2.45) is 17.6 Å². The van der Waals surface area contributed by atoms with Crippen molar-refractivity contribution in [3.05, 3.63) is 42.0 Å². The lowest BCUT2D eigenvalue weighted by atomic mass is 9.92. The Labute approximate surface area is 177 Å². The maximum Gasteiger partial charge on any atom is 0.225 e. The lowest BCUT2D eigenvalue weighted by Crippen LogP contribution is -2.47. The SMILES string of the molecule is Cc1ccccc1-c1ccc(N2CCC(C(=O)N3CCC(C(N)=O)CC3)CC2)nn1. The standard InChI is InChI=1S/C23H29N5O2/c1-16-4-2-3-5-19(16)20-6-7-21(26-25-20)27-12-10-18(11-13-27)23(30)28-14-8-17(9-15-28)22(24)29/h2-7,17-18H,8-15H2,1H3,(H2,24,29). The van der Waals surface area contributed by atoms with E-state index < -0.39 is 0 Å². The largest absolute Gasteiger partial charge is 0.369 e. The number of hydrogen-bond donors (Lipinski definition) is 1. The van der Waals surface area contributed by atoms with Crippen molar-refractivity contribution >= 4 is 17.6 Å². The van der Waals surface area contributed by atoms with Crippen LogP contribution in [0, 0.1) is 18.8 Å². The van der Waals surface area contributed by atoms with Crippen LogP contribution in [0.5, 0.6) is 0 Å². The molecule has 3 heterocycles. The number of hydrogen-bond acceptors (Lipinski definition) is 5. The highest BCUT2D eigenvalue weighted by atomic mass is 16.2. The number of rotatable bonds is 4. The van der Waals surface area contributed by atoms with Gasteiger partial charge in [-0.05, 0) is 50.3 Å². The van der Waals surface area contributed by atoms with Crippen molar-refractivity contribution in [3.63, 3.8) is 0 Å². The van der Waals surface area contributed by atoms with Crippen molar-refractivity contribution in [2.75, 3.05) is 31.1 Å². The van der Waals surface area contributed by atoms with Gasteiger partial charge in [0.1, 0.15) is 0 Å². The van der Waals surface area contributed by atoms with Gasteiger partial charge in [0, 0.05) is 43.6 Å². The molecule has 2 aromatic rings. The van der Waals surface area contributed by atoms with Gasteiger partial charge >= 0.3 is 0 Å². The maximum absolute atomic E-state index is 12.9. The smallest absolute Gasteiger partial charge is 0.225 e. The highest BCUT2D eigenvalue weighted by Crippen LogP contribution is 2.27. The molecule has 30 heavy (non-hydrogen) atoms. The van der Waals surface area contributed by atoms with Gasteiger partial charge < -0.3 is 15.5 Å². The number of aryl methyl sites for hydroxylation is 1. The second-order valence-electron chi connectivity index (χ2n) is 8.35. The van der Waals surface area contributed by atoms with Crippen molar-refractivity contribution in [2.45, 2.75) is 32.6 Å². The number of amides is 2. The summed E-state index contributed by atoms with van der Waals surface area (Å²) in [5, 5.41) is 8.87. The van der Waals surface area contributed by atoms with E-state index in [9.17, 15) is 9.59 Å². The van der Waals surface area contributed by atoms with Crippen LogP contribution in [0.4, 0.5) is 5.82 Å². The van der Waals surface area contributed by atoms with Crippen LogP contribution in [0.15, 0.2) is 36.4 Å². The zero-order valence-corrected chi connectivity index (χ0v) is 17.5. The normalized spacial score (nSPS) is 18.4. The van der Waals surface area contributed by atoms with Gasteiger partial charge in [-0.25, -0.2) is 0 Å². The van der Waals surface area contributed by atoms with Crippen LogP contribution in [0.3, 0.4) is 0 Å². The summed E-state index contributed by atoms with van der Waals surface area (Å²) in [6.45, 7) is 4.94. The van der Waals surface area contributed by atoms with E-state index in [0.29, 0.717) is 25.9 Å². The number of nitrogens with zero attached hydrogens (tertiary/aromatic N) is 4. The van der Waals surface area contributed by atoms with Crippen molar-refractivity contribution in [1.29, 1.82) is 0 Å². The highest BCUT2D eigenvalue weighted by Gasteiger charge is 2.32. The van der Waals surface area contributed by atoms with Crippen LogP contribution in [0.25, 0.3) is 11.3 Å². The van der Waals surface area contributed by atoms with Crippen molar-refractivity contribution < 1.29 is 9.59 Å². The lowest BCUT2D eigenvalue weighted by Gasteiger charge is -2.37. The van der Waals surface area contributed by atoms with Crippen LogP contribution in [-0.2, 0) is 9.59 Å². The second kappa shape index (κ2) is 8.81. The van der Waals surface area contributed by atoms with Crippen LogP contribution >= 0.6 is 0 Å². The van der Waals surface area contributed by atoms with E-state index in [-0.39, 0.29) is 23.7 Å². The molecule has 2 aliphatic heterocycles. The Hall–Kier alpha value is -2.96. The van der Waals surface area contributed by atoms with Crippen molar-refractivity contribution in [3.8, 4) is 11.3 Å². The second-order valence-corrected chi connectivity index (χ2v) is 8.35. The molecule has 0 bridgehead atoms. The highest BCUT2D eigenvalue weighted by molar-refractivity contribution is 5.80. The number of benzene rings is 1. The minimum Gasteiger partial charge on any atom is -0.369 e. The first kappa shape index (κ1) is 20.3. The summed E-state index contributed by atoms with van der Waals surface area (Å²) in [5.41, 5.74) is 8.55. The molecule has 7 heteroatoms. The van der Waals surface area contributed by atoms with Gasteiger partial charge in [-0.2, -0.15) is 0 Å². The van der Waals surface area contributed by atoms with Gasteiger partial charge in [0.25, 0.3) is 0 Å². The average Bonchev–Trinajstić information content (AvgIpc) is 2.79. The third kappa shape index (κ3) is 4.30. The zero-order valence-electron chi connectivity index (χ0n) is 17.5. The Morgan fingerprint density at radius 3 is 2.17 bits per heavy atom. The minimum atomic E-state index is -0.245. The molecule has 1 aromatic carbocycles. The predicted molar refractivity (Wildman–Crippen MR) is 116 cm³/mol. The fourth-order valence-corrected chi connectivity index (χ4v) is 4.50. The van der Waals surface area contributed by atoms with E-state index >= 15 is 0 Å². The number of primary amides is 1. The van der Waals surface area contributed by atoms with Crippen molar-refractivity contribution in [1.82, 2.24) is 15.1 Å². The molecule has 4 rings (SSSR count). The molecule has 2 N–H and O–H groups in total. The van der Waals surface area contributed by atoms with Gasteiger partial charge in [0.2, 0.25) is 11.8 Å². The van der Waals surface area contributed by atoms with E-state index in [1.54, 1.807) is 0 Å². The van der Waals surface area contributed by atoms with Gasteiger partial charge in [-0.3, -0.25) is 9.59 Å². The molecule has 0 saturated carbocycles. The molecule has 2 amide bonds. The Balaban J connectivity index is 1.32. The number of carbonyl (C=O) groups excluding carboxylic acids is 2. The Morgan fingerprint density at radius 1 is 0.900 bits per heavy atom. The van der Waals surface area contributed by atoms with Crippen LogP contribution in [-0.4, -0.2) is 53.1 Å². The molecule has 7 nitrogen and oxygen atoms in total. The third-order valence-corrected chi connectivity index (χ3v) is 6.45. The topological polar surface area (TPSA) is 92.4 Å². The third-order valence-electron chi connectivity index (χ3n) is 6.45. The molecule has 0 atom stereocenters. The summed E-state index contributed by atoms with van der Waals surface area (Å²) in [6, 6.07) is 12.2. The number of aromatic nitrogens is 2. The Kier molecular flexibility index (Phi) is 5.97. The number of anilines is 1. The first-order chi connectivity index (χ1) is 14.5. The summed E-state index contributed by atoms with van der Waals surface area (Å²) in [5.74, 6) is 0.798. The zero-order chi connectivity index (χ0) is 21.1. The number of likely N-dealkylation sites (tertiary alicyclic amines) is 1. The van der Waals surface area contributed by atoms with Gasteiger partial charge in [-0.15, -0.1) is 10.2 Å². The molecular formula is C23H29N5O2. The summed E-state index contributed by atoms with van der Waals surface area (Å²) in [7, 11) is 0. The summed E-state index contributed by atoms with van der Waals surface area (Å²) in [6.07, 6.45) is 3.00. The predicted octanol–water partition coefficient (Wildman–Crippen LogP) is 2.39. The first-order valence-corrected chi connectivity index (χ1v) is 10.8. The fourth-order valence-electron chi connectivity index (χ4n) is 4.50. The van der Waals surface area contributed by atoms with E-state index in [2.05, 4.69) is 34.2 Å².